The number of hydrogen-bond acceptors (Lipinski definition) is 6. The van der Waals surface area contributed by atoms with Crippen LogP contribution in [0.2, 0.25) is 0 Å². The van der Waals surface area contributed by atoms with E-state index in [1.807, 2.05) is 12.1 Å². The number of nitrogens with two attached hydrogens (primary N) is 2. The molecule has 0 fully saturated rings. The van der Waals surface area contributed by atoms with E-state index in [-0.39, 0.29) is 11.3 Å². The zero-order valence-corrected chi connectivity index (χ0v) is 18.4. The fraction of sp³-hybridized carbons (Fsp3) is 0.100. The number of fused-ring (bicyclic) bond motifs is 3. The molecule has 0 aliphatic heterocycles. The van der Waals surface area contributed by atoms with Crippen LogP contribution in [-0.2, 0) is 31.3 Å². The maximum Gasteiger partial charge on any atom is 0.238 e. The Kier molecular flexibility index (Phi) is 5.15. The van der Waals surface area contributed by atoms with Crippen LogP contribution in [0, 0.1) is 0 Å². The SMILES string of the molecule is CS(=O)(=O)Nc1ccc2ccc3c(CC(N)=O)nn(-c4ccc(S(N)(=O)=O)cc4)c3c2c1. The summed E-state index contributed by atoms with van der Waals surface area (Å²) in [7, 11) is -7.36. The molecule has 166 valence electrons. The van der Waals surface area contributed by atoms with Crippen molar-refractivity contribution in [3.8, 4) is 5.69 Å². The van der Waals surface area contributed by atoms with Crippen molar-refractivity contribution < 1.29 is 21.6 Å². The maximum atomic E-state index is 11.7. The van der Waals surface area contributed by atoms with Crippen molar-refractivity contribution in [1.29, 1.82) is 0 Å². The number of nitrogens with one attached hydrogen (secondary N) is 1. The quantitative estimate of drug-likeness (QED) is 0.380. The van der Waals surface area contributed by atoms with Gasteiger partial charge in [0.2, 0.25) is 26.0 Å². The first-order valence-electron chi connectivity index (χ1n) is 9.26. The summed E-state index contributed by atoms with van der Waals surface area (Å²) < 4.78 is 50.6. The topological polar surface area (TPSA) is 167 Å². The Balaban J connectivity index is 2.01. The van der Waals surface area contributed by atoms with E-state index in [9.17, 15) is 21.6 Å². The standard InChI is InChI=1S/C20H19N5O5S2/c1-31(27,28)24-13-4-2-12-3-9-16-18(11-19(21)26)23-25(20(16)17(12)10-13)14-5-7-15(8-6-14)32(22,29)30/h2-10,24H,11H2,1H3,(H2,21,26)(H2,22,29,30). The molecule has 10 nitrogen and oxygen atoms in total. The third-order valence-corrected chi connectivity index (χ3v) is 6.33. The molecule has 0 spiro atoms. The van der Waals surface area contributed by atoms with Crippen molar-refractivity contribution in [2.75, 3.05) is 11.0 Å². The van der Waals surface area contributed by atoms with Gasteiger partial charge in [-0.2, -0.15) is 5.10 Å². The van der Waals surface area contributed by atoms with Gasteiger partial charge >= 0.3 is 0 Å². The van der Waals surface area contributed by atoms with Gasteiger partial charge in [-0.3, -0.25) is 9.52 Å². The first kappa shape index (κ1) is 21.7. The van der Waals surface area contributed by atoms with Gasteiger partial charge in [-0.25, -0.2) is 26.7 Å². The Bertz CT molecular complexity index is 1590. The van der Waals surface area contributed by atoms with Gasteiger partial charge < -0.3 is 5.73 Å². The number of rotatable bonds is 6. The smallest absolute Gasteiger partial charge is 0.238 e. The summed E-state index contributed by atoms with van der Waals surface area (Å²) in [6.07, 6.45) is 0.950. The number of anilines is 1. The molecular weight excluding hydrogens is 454 g/mol. The van der Waals surface area contributed by atoms with Gasteiger partial charge in [0.25, 0.3) is 0 Å². The number of primary sulfonamides is 1. The monoisotopic (exact) mass is 473 g/mol. The second kappa shape index (κ2) is 7.58. The molecule has 0 unspecified atom stereocenters. The number of sulfonamides is 2. The van der Waals surface area contributed by atoms with Gasteiger partial charge in [-0.15, -0.1) is 0 Å². The molecule has 4 aromatic rings. The van der Waals surface area contributed by atoms with Gasteiger partial charge in [0.05, 0.1) is 34.5 Å². The lowest BCUT2D eigenvalue weighted by Gasteiger charge is -2.09. The zero-order valence-electron chi connectivity index (χ0n) is 16.8. The minimum absolute atomic E-state index is 0.0560. The number of aromatic nitrogens is 2. The lowest BCUT2D eigenvalue weighted by molar-refractivity contribution is -0.117. The van der Waals surface area contributed by atoms with Crippen molar-refractivity contribution in [1.82, 2.24) is 9.78 Å². The molecule has 12 heteroatoms. The minimum atomic E-state index is -3.87. The van der Waals surface area contributed by atoms with Crippen LogP contribution in [-0.4, -0.2) is 38.8 Å². The second-order valence-electron chi connectivity index (χ2n) is 7.31. The third kappa shape index (κ3) is 4.28. The number of benzene rings is 3. The maximum absolute atomic E-state index is 11.7. The number of carbonyl (C=O) groups is 1. The van der Waals surface area contributed by atoms with Crippen LogP contribution in [0.15, 0.2) is 59.5 Å². The first-order valence-corrected chi connectivity index (χ1v) is 12.7. The highest BCUT2D eigenvalue weighted by molar-refractivity contribution is 7.92. The van der Waals surface area contributed by atoms with Crippen molar-refractivity contribution >= 4 is 53.3 Å². The Hall–Kier alpha value is -3.48. The molecule has 0 saturated carbocycles. The zero-order chi connectivity index (χ0) is 23.3. The average Bonchev–Trinajstić information content (AvgIpc) is 3.04. The van der Waals surface area contributed by atoms with Crippen LogP contribution in [0.3, 0.4) is 0 Å². The van der Waals surface area contributed by atoms with Gasteiger partial charge in [0.1, 0.15) is 0 Å². The molecule has 1 aromatic heterocycles. The van der Waals surface area contributed by atoms with Gasteiger partial charge in [0.15, 0.2) is 0 Å². The van der Waals surface area contributed by atoms with Crippen molar-refractivity contribution in [3.63, 3.8) is 0 Å². The molecule has 0 aliphatic carbocycles. The molecule has 5 N–H and O–H groups in total. The van der Waals surface area contributed by atoms with Crippen LogP contribution < -0.4 is 15.6 Å². The fourth-order valence-corrected chi connectivity index (χ4v) is 4.60. The third-order valence-electron chi connectivity index (χ3n) is 4.79. The predicted octanol–water partition coefficient (Wildman–Crippen LogP) is 1.23. The van der Waals surface area contributed by atoms with E-state index < -0.39 is 26.0 Å². The lowest BCUT2D eigenvalue weighted by Crippen LogP contribution is -2.14. The molecule has 0 saturated heterocycles. The predicted molar refractivity (Wildman–Crippen MR) is 121 cm³/mol. The Labute approximate surface area is 183 Å². The summed E-state index contributed by atoms with van der Waals surface area (Å²) in [6.45, 7) is 0. The first-order chi connectivity index (χ1) is 14.9. The number of amides is 1. The van der Waals surface area contributed by atoms with Crippen LogP contribution in [0.4, 0.5) is 5.69 Å². The lowest BCUT2D eigenvalue weighted by atomic mass is 10.0. The van der Waals surface area contributed by atoms with Crippen molar-refractivity contribution in [3.05, 3.63) is 60.3 Å². The normalized spacial score (nSPS) is 12.3. The largest absolute Gasteiger partial charge is 0.369 e. The summed E-state index contributed by atoms with van der Waals surface area (Å²) in [4.78, 5) is 11.5. The van der Waals surface area contributed by atoms with E-state index in [2.05, 4.69) is 9.82 Å². The van der Waals surface area contributed by atoms with E-state index >= 15 is 0 Å². The summed E-state index contributed by atoms with van der Waals surface area (Å²) >= 11 is 0. The fourth-order valence-electron chi connectivity index (χ4n) is 3.53. The van der Waals surface area contributed by atoms with Crippen molar-refractivity contribution in [2.45, 2.75) is 11.3 Å². The van der Waals surface area contributed by atoms with E-state index in [1.165, 1.54) is 24.3 Å². The van der Waals surface area contributed by atoms with E-state index in [4.69, 9.17) is 10.9 Å². The van der Waals surface area contributed by atoms with Crippen LogP contribution in [0.1, 0.15) is 5.69 Å². The second-order valence-corrected chi connectivity index (χ2v) is 10.6. The molecule has 0 atom stereocenters. The highest BCUT2D eigenvalue weighted by Crippen LogP contribution is 2.32. The number of primary amides is 1. The van der Waals surface area contributed by atoms with E-state index in [0.29, 0.717) is 33.4 Å². The summed E-state index contributed by atoms with van der Waals surface area (Å²) in [5.74, 6) is -0.561. The Morgan fingerprint density at radius 1 is 1.00 bits per heavy atom. The average molecular weight is 474 g/mol. The highest BCUT2D eigenvalue weighted by atomic mass is 32.2. The molecular formula is C20H19N5O5S2. The molecule has 0 aliphatic rings. The van der Waals surface area contributed by atoms with Gasteiger partial charge in [0, 0.05) is 16.5 Å². The number of hydrogen-bond donors (Lipinski definition) is 3. The van der Waals surface area contributed by atoms with Gasteiger partial charge in [-0.05, 0) is 41.8 Å². The highest BCUT2D eigenvalue weighted by Gasteiger charge is 2.18. The van der Waals surface area contributed by atoms with Crippen LogP contribution in [0.5, 0.6) is 0 Å². The number of nitrogens with zero attached hydrogens (tertiary/aromatic N) is 2. The molecule has 0 radical (unpaired) electrons. The summed E-state index contributed by atoms with van der Waals surface area (Å²) in [5.41, 5.74) is 7.32. The number of carbonyl (C=O) groups excluding carboxylic acids is 1. The Morgan fingerprint density at radius 3 is 2.25 bits per heavy atom. The van der Waals surface area contributed by atoms with E-state index in [1.54, 1.807) is 22.9 Å². The molecule has 0 bridgehead atoms. The molecule has 1 heterocycles. The Morgan fingerprint density at radius 2 is 1.66 bits per heavy atom. The van der Waals surface area contributed by atoms with Gasteiger partial charge in [-0.1, -0.05) is 18.2 Å². The van der Waals surface area contributed by atoms with Crippen LogP contribution >= 0.6 is 0 Å². The summed E-state index contributed by atoms with van der Waals surface area (Å²) in [5, 5.41) is 11.9. The van der Waals surface area contributed by atoms with Crippen LogP contribution in [0.25, 0.3) is 27.4 Å². The molecule has 1 amide bonds. The summed E-state index contributed by atoms with van der Waals surface area (Å²) in [6, 6.07) is 14.5. The van der Waals surface area contributed by atoms with E-state index in [0.717, 1.165) is 11.6 Å². The molecule has 3 aromatic carbocycles. The molecule has 32 heavy (non-hydrogen) atoms. The van der Waals surface area contributed by atoms with Crippen molar-refractivity contribution in [2.24, 2.45) is 10.9 Å². The minimum Gasteiger partial charge on any atom is -0.369 e. The molecule has 4 rings (SSSR count).